The lowest BCUT2D eigenvalue weighted by molar-refractivity contribution is 0.366. The molecule has 0 radical (unpaired) electrons. The fourth-order valence-corrected chi connectivity index (χ4v) is 7.14. The third-order valence-corrected chi connectivity index (χ3v) is 8.38. The Balaban J connectivity index is 1.72. The Hall–Kier alpha value is -2.89. The molecule has 4 aliphatic heterocycles. The van der Waals surface area contributed by atoms with Crippen molar-refractivity contribution in [1.82, 2.24) is 4.58 Å². The van der Waals surface area contributed by atoms with Crippen LogP contribution >= 0.6 is 0 Å². The van der Waals surface area contributed by atoms with Gasteiger partial charge in [-0.2, -0.15) is 0 Å². The highest BCUT2D eigenvalue weighted by Gasteiger charge is 2.34. The molecular weight excluding hydrogens is 440 g/mol. The van der Waals surface area contributed by atoms with Crippen molar-refractivity contribution in [3.63, 3.8) is 0 Å². The number of hydrogen-bond acceptors (Lipinski definition) is 5. The van der Waals surface area contributed by atoms with Gasteiger partial charge in [0, 0.05) is 37.1 Å². The summed E-state index contributed by atoms with van der Waals surface area (Å²) in [4.78, 5) is 2.53. The van der Waals surface area contributed by atoms with E-state index in [4.69, 9.17) is 18.9 Å². The monoisotopic (exact) mass is 477 g/mol. The average Bonchev–Trinajstić information content (AvgIpc) is 2.90. The van der Waals surface area contributed by atoms with Crippen LogP contribution in [-0.4, -0.2) is 54.6 Å². The van der Waals surface area contributed by atoms with Gasteiger partial charge in [0.2, 0.25) is 5.36 Å². The predicted octanol–water partition coefficient (Wildman–Crippen LogP) is 2.63. The van der Waals surface area contributed by atoms with Crippen LogP contribution in [0.5, 0.6) is 23.0 Å². The molecule has 186 valence electrons. The van der Waals surface area contributed by atoms with Crippen molar-refractivity contribution in [3.05, 3.63) is 38.4 Å². The van der Waals surface area contributed by atoms with Crippen LogP contribution in [-0.2, 0) is 25.7 Å². The Morgan fingerprint density at radius 2 is 1.11 bits per heavy atom. The molecule has 4 heterocycles. The fraction of sp³-hybridized carbons (Fsp3) is 0.552. The number of methoxy groups -OCH3 is 4. The average molecular weight is 478 g/mol. The minimum absolute atomic E-state index is 0.935. The number of anilines is 1. The molecule has 2 aromatic rings. The Morgan fingerprint density at radius 1 is 0.629 bits per heavy atom. The number of hydrogen-bond donors (Lipinski definition) is 0. The van der Waals surface area contributed by atoms with E-state index in [1.54, 1.807) is 28.4 Å². The molecule has 0 fully saturated rings. The quantitative estimate of drug-likeness (QED) is 0.620. The minimum Gasteiger partial charge on any atom is -0.496 e. The largest absolute Gasteiger partial charge is 0.496 e. The summed E-state index contributed by atoms with van der Waals surface area (Å²) in [5.74, 6) is 3.74. The molecule has 6 rings (SSSR count). The predicted molar refractivity (Wildman–Crippen MR) is 138 cm³/mol. The van der Waals surface area contributed by atoms with E-state index in [1.807, 2.05) is 0 Å². The zero-order valence-corrected chi connectivity index (χ0v) is 21.6. The van der Waals surface area contributed by atoms with Crippen LogP contribution < -0.4 is 39.0 Å². The summed E-state index contributed by atoms with van der Waals surface area (Å²) in [7, 11) is 7.17. The lowest BCUT2D eigenvalue weighted by atomic mass is 9.87. The minimum atomic E-state index is 0.935. The molecule has 6 nitrogen and oxygen atoms in total. The Bertz CT molecular complexity index is 1230. The third kappa shape index (κ3) is 3.32. The summed E-state index contributed by atoms with van der Waals surface area (Å²) >= 11 is 0. The molecule has 4 aliphatic rings. The highest BCUT2D eigenvalue weighted by atomic mass is 16.5. The maximum Gasteiger partial charge on any atom is 0.213 e. The highest BCUT2D eigenvalue weighted by Crippen LogP contribution is 2.48. The van der Waals surface area contributed by atoms with E-state index >= 15 is 0 Å². The van der Waals surface area contributed by atoms with Gasteiger partial charge in [-0.1, -0.05) is 0 Å². The van der Waals surface area contributed by atoms with Gasteiger partial charge in [-0.25, -0.2) is 4.58 Å². The van der Waals surface area contributed by atoms with Crippen molar-refractivity contribution < 1.29 is 18.9 Å². The van der Waals surface area contributed by atoms with Crippen LogP contribution in [0.2, 0.25) is 0 Å². The fourth-order valence-electron chi connectivity index (χ4n) is 7.14. The lowest BCUT2D eigenvalue weighted by Crippen LogP contribution is -2.45. The van der Waals surface area contributed by atoms with Gasteiger partial charge >= 0.3 is 0 Å². The molecule has 0 bridgehead atoms. The van der Waals surface area contributed by atoms with Gasteiger partial charge in [0.1, 0.15) is 36.1 Å². The molecule has 0 saturated carbocycles. The molecule has 0 saturated heterocycles. The van der Waals surface area contributed by atoms with E-state index in [0.717, 1.165) is 111 Å². The topological polar surface area (TPSA) is 43.2 Å². The first kappa shape index (κ1) is 22.6. The second kappa shape index (κ2) is 8.96. The smallest absolute Gasteiger partial charge is 0.213 e. The molecule has 0 spiro atoms. The van der Waals surface area contributed by atoms with E-state index in [2.05, 4.69) is 15.6 Å². The van der Waals surface area contributed by atoms with E-state index < -0.39 is 0 Å². The van der Waals surface area contributed by atoms with Crippen molar-refractivity contribution >= 4 is 11.8 Å². The summed E-state index contributed by atoms with van der Waals surface area (Å²) < 4.78 is 27.1. The lowest BCUT2D eigenvalue weighted by Gasteiger charge is -2.39. The molecule has 35 heavy (non-hydrogen) atoms. The summed E-state index contributed by atoms with van der Waals surface area (Å²) in [6.07, 6.45) is 11.0. The normalized spacial score (nSPS) is 17.9. The van der Waals surface area contributed by atoms with Crippen molar-refractivity contribution in [2.24, 2.45) is 0 Å². The molecule has 0 aromatic heterocycles. The van der Waals surface area contributed by atoms with E-state index in [1.165, 1.54) is 33.3 Å². The molecule has 0 atom stereocenters. The van der Waals surface area contributed by atoms with Crippen LogP contribution in [0.25, 0.3) is 6.08 Å². The Kier molecular flexibility index (Phi) is 5.78. The maximum absolute atomic E-state index is 6.15. The van der Waals surface area contributed by atoms with Gasteiger partial charge in [-0.15, -0.1) is 0 Å². The second-order valence-electron chi connectivity index (χ2n) is 10.1. The van der Waals surface area contributed by atoms with Gasteiger partial charge in [-0.05, 0) is 44.6 Å². The zero-order chi connectivity index (χ0) is 24.1. The summed E-state index contributed by atoms with van der Waals surface area (Å²) in [6.45, 7) is 4.45. The molecule has 0 unspecified atom stereocenters. The maximum atomic E-state index is 6.15. The van der Waals surface area contributed by atoms with Crippen molar-refractivity contribution in [2.45, 2.75) is 51.4 Å². The van der Waals surface area contributed by atoms with Gasteiger partial charge in [-0.3, -0.25) is 0 Å². The molecule has 0 N–H and O–H groups in total. The first-order chi connectivity index (χ1) is 17.2. The zero-order valence-electron chi connectivity index (χ0n) is 21.6. The van der Waals surface area contributed by atoms with Crippen LogP contribution in [0.4, 0.5) is 5.69 Å². The van der Waals surface area contributed by atoms with Crippen molar-refractivity contribution in [1.29, 1.82) is 0 Å². The third-order valence-electron chi connectivity index (χ3n) is 8.38. The van der Waals surface area contributed by atoms with E-state index in [9.17, 15) is 0 Å². The Morgan fingerprint density at radius 3 is 1.60 bits per heavy atom. The SMILES string of the molecule is COc1c(C=c2c(OC)c3c4c(c2OC)CCC[N+]=4CCC3)c(OC)c2c3c1CCCN3CCC2. The molecule has 0 aliphatic carbocycles. The number of rotatable bonds is 5. The van der Waals surface area contributed by atoms with Crippen LogP contribution in [0, 0.1) is 0 Å². The summed E-state index contributed by atoms with van der Waals surface area (Å²) in [6, 6.07) is 0. The Labute approximate surface area is 207 Å². The molecule has 2 aromatic carbocycles. The van der Waals surface area contributed by atoms with Crippen LogP contribution in [0.3, 0.4) is 0 Å². The van der Waals surface area contributed by atoms with Gasteiger partial charge < -0.3 is 23.8 Å². The first-order valence-electron chi connectivity index (χ1n) is 13.2. The van der Waals surface area contributed by atoms with Gasteiger partial charge in [0.15, 0.2) is 0 Å². The summed E-state index contributed by atoms with van der Waals surface area (Å²) in [5.41, 5.74) is 7.66. The van der Waals surface area contributed by atoms with Crippen molar-refractivity contribution in [3.8, 4) is 23.0 Å². The first-order valence-corrected chi connectivity index (χ1v) is 13.2. The van der Waals surface area contributed by atoms with Crippen molar-refractivity contribution in [2.75, 3.05) is 59.5 Å². The standard InChI is InChI=1S/C29H37N2O4/c1-32-26-18-9-5-13-30-14-6-10-19(24(18)30)27(33-2)22(26)17-23-28(34-3)20-11-7-15-31-16-8-12-21(25(20)31)29(23)35-4/h17H,5-16H2,1-4H3/q+1. The highest BCUT2D eigenvalue weighted by molar-refractivity contribution is 5.81. The summed E-state index contributed by atoms with van der Waals surface area (Å²) in [5, 5.41) is 2.36. The second-order valence-corrected chi connectivity index (χ2v) is 10.1. The number of benzene rings is 2. The molecule has 0 amide bonds. The van der Waals surface area contributed by atoms with Gasteiger partial charge in [0.05, 0.1) is 56.0 Å². The number of ether oxygens (including phenoxy) is 4. The van der Waals surface area contributed by atoms with E-state index in [-0.39, 0.29) is 0 Å². The van der Waals surface area contributed by atoms with Crippen LogP contribution in [0.1, 0.15) is 53.5 Å². The van der Waals surface area contributed by atoms with Gasteiger partial charge in [0.25, 0.3) is 0 Å². The molecular formula is C29H37N2O4+. The number of nitrogens with zero attached hydrogens (tertiary/aromatic N) is 2. The van der Waals surface area contributed by atoms with E-state index in [0.29, 0.717) is 0 Å². The molecule has 6 heteroatoms. The van der Waals surface area contributed by atoms with Crippen LogP contribution in [0.15, 0.2) is 0 Å².